The first-order chi connectivity index (χ1) is 15.5. The van der Waals surface area contributed by atoms with Crippen molar-refractivity contribution >= 4 is 0 Å². The molecule has 1 aromatic carbocycles. The van der Waals surface area contributed by atoms with Crippen LogP contribution in [0.1, 0.15) is 90.5 Å². The molecule has 0 heterocycles. The molecule has 1 fully saturated rings. The van der Waals surface area contributed by atoms with E-state index in [0.717, 1.165) is 24.5 Å². The maximum atomic E-state index is 6.09. The summed E-state index contributed by atoms with van der Waals surface area (Å²) in [5.74, 6) is 2.94. The standard InChI is InChI=1S/C29H44O3/c1-5-24(21-22(2)3)26-13-17-29(18-14-26)32-23(4)30-19-20-31-28-15-11-27(12-16-28)25-9-7-6-8-10-25/h7,9-10,13-14,17-18,22-24,27-28H,5-6,8,11-12,15-16,19-21H2,1-4H3. The Labute approximate surface area is 196 Å². The van der Waals surface area contributed by atoms with Gasteiger partial charge in [0.15, 0.2) is 6.29 Å². The fraction of sp³-hybridized carbons (Fsp3) is 0.655. The Kier molecular flexibility index (Phi) is 10.3. The highest BCUT2D eigenvalue weighted by Gasteiger charge is 2.23. The molecule has 1 aromatic rings. The van der Waals surface area contributed by atoms with E-state index < -0.39 is 0 Å². The van der Waals surface area contributed by atoms with Crippen LogP contribution in [0.25, 0.3) is 0 Å². The minimum atomic E-state index is -0.275. The van der Waals surface area contributed by atoms with E-state index in [1.165, 1.54) is 44.1 Å². The molecule has 3 rings (SSSR count). The second-order valence-corrected chi connectivity index (χ2v) is 9.89. The molecule has 178 valence electrons. The van der Waals surface area contributed by atoms with Crippen molar-refractivity contribution in [3.8, 4) is 5.75 Å². The minimum absolute atomic E-state index is 0.275. The largest absolute Gasteiger partial charge is 0.465 e. The Morgan fingerprint density at radius 3 is 2.31 bits per heavy atom. The number of ether oxygens (including phenoxy) is 3. The molecule has 0 aromatic heterocycles. The average molecular weight is 441 g/mol. The van der Waals surface area contributed by atoms with Crippen molar-refractivity contribution < 1.29 is 14.2 Å². The molecule has 0 spiro atoms. The van der Waals surface area contributed by atoms with Gasteiger partial charge in [0.05, 0.1) is 19.3 Å². The van der Waals surface area contributed by atoms with E-state index in [9.17, 15) is 0 Å². The zero-order valence-electron chi connectivity index (χ0n) is 20.7. The fourth-order valence-corrected chi connectivity index (χ4v) is 5.08. The lowest BCUT2D eigenvalue weighted by Gasteiger charge is -2.30. The number of hydrogen-bond acceptors (Lipinski definition) is 3. The molecule has 3 heteroatoms. The molecule has 1 saturated carbocycles. The van der Waals surface area contributed by atoms with Gasteiger partial charge in [-0.3, -0.25) is 0 Å². The Morgan fingerprint density at radius 2 is 1.69 bits per heavy atom. The summed E-state index contributed by atoms with van der Waals surface area (Å²) >= 11 is 0. The van der Waals surface area contributed by atoms with Crippen LogP contribution < -0.4 is 4.74 Å². The number of rotatable bonds is 12. The van der Waals surface area contributed by atoms with Crippen LogP contribution in [-0.2, 0) is 9.47 Å². The zero-order chi connectivity index (χ0) is 22.8. The lowest BCUT2D eigenvalue weighted by molar-refractivity contribution is -0.0948. The SMILES string of the molecule is CCC(CC(C)C)c1ccc(OC(C)OCCOC2CCC(C3=CCCC=C3)CC2)cc1. The van der Waals surface area contributed by atoms with E-state index in [-0.39, 0.29) is 6.29 Å². The van der Waals surface area contributed by atoms with Crippen molar-refractivity contribution in [1.29, 1.82) is 0 Å². The van der Waals surface area contributed by atoms with Gasteiger partial charge in [-0.2, -0.15) is 0 Å². The van der Waals surface area contributed by atoms with E-state index >= 15 is 0 Å². The molecule has 0 aliphatic heterocycles. The third-order valence-electron chi connectivity index (χ3n) is 6.86. The first kappa shape index (κ1) is 25.1. The van der Waals surface area contributed by atoms with E-state index in [1.54, 1.807) is 5.57 Å². The van der Waals surface area contributed by atoms with Gasteiger partial charge in [0.2, 0.25) is 0 Å². The summed E-state index contributed by atoms with van der Waals surface area (Å²) < 4.78 is 17.9. The molecule has 3 nitrogen and oxygen atoms in total. The van der Waals surface area contributed by atoms with Gasteiger partial charge in [0, 0.05) is 0 Å². The molecule has 32 heavy (non-hydrogen) atoms. The summed E-state index contributed by atoms with van der Waals surface area (Å²) in [6.45, 7) is 10.0. The van der Waals surface area contributed by atoms with Gasteiger partial charge in [-0.25, -0.2) is 0 Å². The van der Waals surface area contributed by atoms with E-state index in [4.69, 9.17) is 14.2 Å². The molecule has 0 amide bonds. The normalized spacial score (nSPS) is 23.1. The third-order valence-corrected chi connectivity index (χ3v) is 6.86. The summed E-state index contributed by atoms with van der Waals surface area (Å²) in [5, 5.41) is 0. The molecular formula is C29H44O3. The van der Waals surface area contributed by atoms with Crippen LogP contribution in [0, 0.1) is 11.8 Å². The molecule has 0 N–H and O–H groups in total. The first-order valence-corrected chi connectivity index (χ1v) is 12.9. The Bertz CT molecular complexity index is 710. The van der Waals surface area contributed by atoms with E-state index in [0.29, 0.717) is 31.2 Å². The van der Waals surface area contributed by atoms with Crippen LogP contribution >= 0.6 is 0 Å². The van der Waals surface area contributed by atoms with Crippen LogP contribution in [0.2, 0.25) is 0 Å². The highest BCUT2D eigenvalue weighted by Crippen LogP contribution is 2.33. The maximum Gasteiger partial charge on any atom is 0.197 e. The van der Waals surface area contributed by atoms with Crippen molar-refractivity contribution in [2.45, 2.75) is 97.4 Å². The van der Waals surface area contributed by atoms with Crippen LogP contribution in [0.4, 0.5) is 0 Å². The zero-order valence-corrected chi connectivity index (χ0v) is 20.7. The molecule has 2 unspecified atom stereocenters. The predicted molar refractivity (Wildman–Crippen MR) is 133 cm³/mol. The van der Waals surface area contributed by atoms with Gasteiger partial charge in [0.1, 0.15) is 5.75 Å². The highest BCUT2D eigenvalue weighted by molar-refractivity contribution is 5.29. The van der Waals surface area contributed by atoms with E-state index in [2.05, 4.69) is 63.3 Å². The van der Waals surface area contributed by atoms with Gasteiger partial charge >= 0.3 is 0 Å². The van der Waals surface area contributed by atoms with Crippen LogP contribution in [-0.4, -0.2) is 25.6 Å². The lowest BCUT2D eigenvalue weighted by atomic mass is 9.81. The van der Waals surface area contributed by atoms with Gasteiger partial charge in [-0.1, -0.05) is 51.1 Å². The van der Waals surface area contributed by atoms with Gasteiger partial charge in [0.25, 0.3) is 0 Å². The van der Waals surface area contributed by atoms with Crippen LogP contribution in [0.3, 0.4) is 0 Å². The van der Waals surface area contributed by atoms with E-state index in [1.807, 2.05) is 6.92 Å². The molecule has 0 radical (unpaired) electrons. The fourth-order valence-electron chi connectivity index (χ4n) is 5.08. The highest BCUT2D eigenvalue weighted by atomic mass is 16.7. The number of hydrogen-bond donors (Lipinski definition) is 0. The Balaban J connectivity index is 1.30. The topological polar surface area (TPSA) is 27.7 Å². The van der Waals surface area contributed by atoms with Crippen molar-refractivity contribution in [1.82, 2.24) is 0 Å². The number of benzene rings is 1. The molecular weight excluding hydrogens is 396 g/mol. The third kappa shape index (κ3) is 8.08. The smallest absolute Gasteiger partial charge is 0.197 e. The summed E-state index contributed by atoms with van der Waals surface area (Å²) in [5.41, 5.74) is 2.96. The lowest BCUT2D eigenvalue weighted by Crippen LogP contribution is -2.25. The van der Waals surface area contributed by atoms with Crippen LogP contribution in [0.5, 0.6) is 5.75 Å². The second-order valence-electron chi connectivity index (χ2n) is 9.89. The molecule has 0 saturated heterocycles. The van der Waals surface area contributed by atoms with Crippen molar-refractivity contribution in [3.63, 3.8) is 0 Å². The van der Waals surface area contributed by atoms with Gasteiger partial charge < -0.3 is 14.2 Å². The summed E-state index contributed by atoms with van der Waals surface area (Å²) in [7, 11) is 0. The van der Waals surface area contributed by atoms with Crippen molar-refractivity contribution in [3.05, 3.63) is 53.6 Å². The maximum absolute atomic E-state index is 6.09. The molecule has 2 aliphatic rings. The average Bonchev–Trinajstić information content (AvgIpc) is 2.82. The van der Waals surface area contributed by atoms with Crippen LogP contribution in [0.15, 0.2) is 48.1 Å². The van der Waals surface area contributed by atoms with Gasteiger partial charge in [-0.05, 0) is 99.3 Å². The minimum Gasteiger partial charge on any atom is -0.465 e. The summed E-state index contributed by atoms with van der Waals surface area (Å²) in [4.78, 5) is 0. The molecule has 0 bridgehead atoms. The van der Waals surface area contributed by atoms with Crippen molar-refractivity contribution in [2.24, 2.45) is 11.8 Å². The molecule has 2 atom stereocenters. The Hall–Kier alpha value is -1.58. The second kappa shape index (κ2) is 13.2. The predicted octanol–water partition coefficient (Wildman–Crippen LogP) is 7.82. The molecule has 2 aliphatic carbocycles. The summed E-state index contributed by atoms with van der Waals surface area (Å²) in [6.07, 6.45) is 16.8. The summed E-state index contributed by atoms with van der Waals surface area (Å²) in [6, 6.07) is 8.56. The number of allylic oxidation sites excluding steroid dienone is 4. The van der Waals surface area contributed by atoms with Crippen molar-refractivity contribution in [2.75, 3.05) is 13.2 Å². The first-order valence-electron chi connectivity index (χ1n) is 12.9. The Morgan fingerprint density at radius 1 is 0.938 bits per heavy atom. The van der Waals surface area contributed by atoms with Gasteiger partial charge in [-0.15, -0.1) is 0 Å². The quantitative estimate of drug-likeness (QED) is 0.245. The monoisotopic (exact) mass is 440 g/mol.